The minimum absolute atomic E-state index is 0.152. The molecule has 0 radical (unpaired) electrons. The number of aromatic nitrogens is 1. The molecule has 1 atom stereocenters. The Morgan fingerprint density at radius 1 is 1.40 bits per heavy atom. The minimum atomic E-state index is -0.960. The molecule has 0 aliphatic heterocycles. The van der Waals surface area contributed by atoms with E-state index >= 15 is 0 Å². The topological polar surface area (TPSA) is 62.2 Å². The summed E-state index contributed by atoms with van der Waals surface area (Å²) in [7, 11) is 0. The smallest absolute Gasteiger partial charge is 0.365 e. The number of carboxylic acids is 1. The molecule has 4 nitrogen and oxygen atoms in total. The summed E-state index contributed by atoms with van der Waals surface area (Å²) in [6.07, 6.45) is 2.08. The molecular weight excluding hydrogens is 272 g/mol. The second-order valence-corrected chi connectivity index (χ2v) is 5.61. The maximum Gasteiger partial charge on any atom is 0.365 e. The number of nitrogens with zero attached hydrogens (tertiary/aromatic N) is 1. The van der Waals surface area contributed by atoms with Crippen LogP contribution in [-0.2, 0) is 13.0 Å². The summed E-state index contributed by atoms with van der Waals surface area (Å²) in [5.74, 6) is -0.960. The van der Waals surface area contributed by atoms with Gasteiger partial charge in [0.05, 0.1) is 5.69 Å². The predicted molar refractivity (Wildman–Crippen MR) is 80.1 cm³/mol. The molecular formula is C15H18N2O2S. The maximum atomic E-state index is 10.7. The highest BCUT2D eigenvalue weighted by molar-refractivity contribution is 7.11. The van der Waals surface area contributed by atoms with Gasteiger partial charge in [0.25, 0.3) is 0 Å². The Hall–Kier alpha value is -1.72. The summed E-state index contributed by atoms with van der Waals surface area (Å²) >= 11 is 1.17. The Bertz CT molecular complexity index is 554. The second-order valence-electron chi connectivity index (χ2n) is 4.76. The van der Waals surface area contributed by atoms with E-state index in [-0.39, 0.29) is 5.01 Å². The van der Waals surface area contributed by atoms with Gasteiger partial charge in [0.1, 0.15) is 0 Å². The summed E-state index contributed by atoms with van der Waals surface area (Å²) in [5.41, 5.74) is 2.13. The molecule has 106 valence electrons. The van der Waals surface area contributed by atoms with Gasteiger partial charge < -0.3 is 10.4 Å². The number of nitrogens with one attached hydrogen (secondary N) is 1. The highest BCUT2D eigenvalue weighted by Crippen LogP contribution is 2.10. The van der Waals surface area contributed by atoms with Crippen molar-refractivity contribution < 1.29 is 9.90 Å². The van der Waals surface area contributed by atoms with Gasteiger partial charge in [-0.05, 0) is 25.3 Å². The van der Waals surface area contributed by atoms with Crippen molar-refractivity contribution in [3.63, 3.8) is 0 Å². The largest absolute Gasteiger partial charge is 0.476 e. The van der Waals surface area contributed by atoms with E-state index in [0.717, 1.165) is 18.5 Å². The molecule has 1 aromatic carbocycles. The van der Waals surface area contributed by atoms with Gasteiger partial charge in [0.2, 0.25) is 5.01 Å². The number of hydrogen-bond donors (Lipinski definition) is 2. The average Bonchev–Trinajstić information content (AvgIpc) is 2.93. The Labute approximate surface area is 122 Å². The van der Waals surface area contributed by atoms with Crippen LogP contribution < -0.4 is 5.32 Å². The molecule has 2 aromatic rings. The number of rotatable bonds is 7. The van der Waals surface area contributed by atoms with E-state index in [1.807, 2.05) is 6.07 Å². The van der Waals surface area contributed by atoms with Gasteiger partial charge >= 0.3 is 5.97 Å². The highest BCUT2D eigenvalue weighted by atomic mass is 32.1. The first-order valence-corrected chi connectivity index (χ1v) is 7.48. The molecule has 0 fully saturated rings. The normalized spacial score (nSPS) is 12.2. The molecule has 1 heterocycles. The summed E-state index contributed by atoms with van der Waals surface area (Å²) in [6.45, 7) is 2.74. The molecule has 0 saturated carbocycles. The van der Waals surface area contributed by atoms with Gasteiger partial charge in [-0.3, -0.25) is 0 Å². The molecule has 1 unspecified atom stereocenters. The van der Waals surface area contributed by atoms with Crippen molar-refractivity contribution in [2.24, 2.45) is 0 Å². The van der Waals surface area contributed by atoms with Crippen molar-refractivity contribution >= 4 is 17.3 Å². The van der Waals surface area contributed by atoms with Gasteiger partial charge in [-0.25, -0.2) is 9.78 Å². The van der Waals surface area contributed by atoms with E-state index in [9.17, 15) is 4.79 Å². The molecule has 0 bridgehead atoms. The first kappa shape index (κ1) is 14.7. The number of hydrogen-bond acceptors (Lipinski definition) is 4. The number of carboxylic acid groups (broad SMARTS) is 1. The van der Waals surface area contributed by atoms with Crippen molar-refractivity contribution in [1.82, 2.24) is 10.3 Å². The molecule has 1 aromatic heterocycles. The van der Waals surface area contributed by atoms with Crippen LogP contribution in [0.25, 0.3) is 0 Å². The lowest BCUT2D eigenvalue weighted by Crippen LogP contribution is -2.26. The molecule has 0 spiro atoms. The number of benzene rings is 1. The fourth-order valence-corrected chi connectivity index (χ4v) is 2.55. The van der Waals surface area contributed by atoms with Crippen LogP contribution >= 0.6 is 11.3 Å². The highest BCUT2D eigenvalue weighted by Gasteiger charge is 2.09. The van der Waals surface area contributed by atoms with Crippen LogP contribution in [0.15, 0.2) is 35.7 Å². The SMILES string of the molecule is CC(CCc1ccccc1)NCc1csc(C(=O)O)n1. The van der Waals surface area contributed by atoms with Gasteiger partial charge in [0, 0.05) is 18.0 Å². The van der Waals surface area contributed by atoms with Crippen LogP contribution in [0.3, 0.4) is 0 Å². The van der Waals surface area contributed by atoms with Crippen LogP contribution in [0.1, 0.15) is 34.4 Å². The summed E-state index contributed by atoms with van der Waals surface area (Å²) in [5, 5.41) is 14.1. The monoisotopic (exact) mass is 290 g/mol. The number of carbonyl (C=O) groups is 1. The van der Waals surface area contributed by atoms with Crippen LogP contribution in [-0.4, -0.2) is 22.1 Å². The predicted octanol–water partition coefficient (Wildman–Crippen LogP) is 2.95. The lowest BCUT2D eigenvalue weighted by molar-refractivity contribution is 0.0696. The Morgan fingerprint density at radius 2 is 2.15 bits per heavy atom. The molecule has 0 aliphatic rings. The minimum Gasteiger partial charge on any atom is -0.476 e. The van der Waals surface area contributed by atoms with E-state index in [4.69, 9.17) is 5.11 Å². The number of aromatic carboxylic acids is 1. The molecule has 0 amide bonds. The third-order valence-electron chi connectivity index (χ3n) is 3.08. The second kappa shape index (κ2) is 7.17. The standard InChI is InChI=1S/C15H18N2O2S/c1-11(7-8-12-5-3-2-4-6-12)16-9-13-10-20-14(17-13)15(18)19/h2-6,10-11,16H,7-9H2,1H3,(H,18,19). The van der Waals surface area contributed by atoms with E-state index in [1.54, 1.807) is 5.38 Å². The molecule has 2 rings (SSSR count). The Kier molecular flexibility index (Phi) is 5.26. The maximum absolute atomic E-state index is 10.7. The van der Waals surface area contributed by atoms with E-state index in [0.29, 0.717) is 12.6 Å². The van der Waals surface area contributed by atoms with Crippen molar-refractivity contribution in [3.8, 4) is 0 Å². The van der Waals surface area contributed by atoms with Crippen molar-refractivity contribution in [3.05, 3.63) is 52.0 Å². The third kappa shape index (κ3) is 4.43. The van der Waals surface area contributed by atoms with Crippen LogP contribution in [0.5, 0.6) is 0 Å². The van der Waals surface area contributed by atoms with E-state index < -0.39 is 5.97 Å². The lowest BCUT2D eigenvalue weighted by atomic mass is 10.1. The number of thiazole rings is 1. The zero-order chi connectivity index (χ0) is 14.4. The summed E-state index contributed by atoms with van der Waals surface area (Å²) in [4.78, 5) is 14.8. The Morgan fingerprint density at radius 3 is 2.80 bits per heavy atom. The van der Waals surface area contributed by atoms with Crippen molar-refractivity contribution in [2.75, 3.05) is 0 Å². The van der Waals surface area contributed by atoms with Gasteiger partial charge in [-0.15, -0.1) is 11.3 Å². The van der Waals surface area contributed by atoms with Crippen LogP contribution in [0, 0.1) is 0 Å². The average molecular weight is 290 g/mol. The third-order valence-corrected chi connectivity index (χ3v) is 3.95. The number of aryl methyl sites for hydroxylation is 1. The van der Waals surface area contributed by atoms with Gasteiger partial charge in [0.15, 0.2) is 0 Å². The zero-order valence-corrected chi connectivity index (χ0v) is 12.2. The zero-order valence-electron chi connectivity index (χ0n) is 11.4. The van der Waals surface area contributed by atoms with Crippen molar-refractivity contribution in [2.45, 2.75) is 32.4 Å². The van der Waals surface area contributed by atoms with Gasteiger partial charge in [-0.2, -0.15) is 0 Å². The van der Waals surface area contributed by atoms with Crippen LogP contribution in [0.2, 0.25) is 0 Å². The molecule has 2 N–H and O–H groups in total. The summed E-state index contributed by atoms with van der Waals surface area (Å²) in [6, 6.07) is 10.8. The molecule has 20 heavy (non-hydrogen) atoms. The summed E-state index contributed by atoms with van der Waals surface area (Å²) < 4.78 is 0. The fraction of sp³-hybridized carbons (Fsp3) is 0.333. The van der Waals surface area contributed by atoms with Gasteiger partial charge in [-0.1, -0.05) is 30.3 Å². The first-order valence-electron chi connectivity index (χ1n) is 6.60. The molecule has 5 heteroatoms. The fourth-order valence-electron chi connectivity index (χ4n) is 1.90. The molecule has 0 saturated heterocycles. The van der Waals surface area contributed by atoms with E-state index in [2.05, 4.69) is 41.5 Å². The first-order chi connectivity index (χ1) is 9.65. The Balaban J connectivity index is 1.74. The molecule has 0 aliphatic carbocycles. The quantitative estimate of drug-likeness (QED) is 0.823. The van der Waals surface area contributed by atoms with Crippen LogP contribution in [0.4, 0.5) is 0 Å². The van der Waals surface area contributed by atoms with Crippen molar-refractivity contribution in [1.29, 1.82) is 0 Å². The van der Waals surface area contributed by atoms with E-state index in [1.165, 1.54) is 16.9 Å². The lowest BCUT2D eigenvalue weighted by Gasteiger charge is -2.12.